The summed E-state index contributed by atoms with van der Waals surface area (Å²) in [4.78, 5) is 33.3. The fourth-order valence-electron chi connectivity index (χ4n) is 3.78. The van der Waals surface area contributed by atoms with E-state index >= 15 is 0 Å². The van der Waals surface area contributed by atoms with E-state index in [9.17, 15) is 9.59 Å². The largest absolute Gasteiger partial charge is 0.347 e. The molecule has 24 heavy (non-hydrogen) atoms. The van der Waals surface area contributed by atoms with Crippen molar-refractivity contribution in [1.29, 1.82) is 0 Å². The molecule has 2 aliphatic rings. The molecule has 7 nitrogen and oxygen atoms in total. The molecule has 1 atom stereocenters. The summed E-state index contributed by atoms with van der Waals surface area (Å²) in [6.45, 7) is 1.28. The van der Waals surface area contributed by atoms with Crippen LogP contribution in [0.2, 0.25) is 0 Å². The molecule has 1 aliphatic heterocycles. The molecule has 0 aromatic carbocycles. The van der Waals surface area contributed by atoms with E-state index in [1.165, 1.54) is 6.20 Å². The predicted molar refractivity (Wildman–Crippen MR) is 90.4 cm³/mol. The van der Waals surface area contributed by atoms with Crippen LogP contribution in [0.1, 0.15) is 36.9 Å². The molecule has 0 bridgehead atoms. The summed E-state index contributed by atoms with van der Waals surface area (Å²) < 4.78 is 1.57. The lowest BCUT2D eigenvalue weighted by Crippen LogP contribution is -2.40. The zero-order chi connectivity index (χ0) is 16.5. The minimum Gasteiger partial charge on any atom is -0.347 e. The van der Waals surface area contributed by atoms with Gasteiger partial charge in [-0.3, -0.25) is 9.59 Å². The number of hydrogen-bond donors (Lipinski definition) is 1. The molecule has 1 fully saturated rings. The van der Waals surface area contributed by atoms with Crippen molar-refractivity contribution in [2.45, 2.75) is 51.1 Å². The zero-order valence-electron chi connectivity index (χ0n) is 13.6. The van der Waals surface area contributed by atoms with Gasteiger partial charge in [0, 0.05) is 25.0 Å². The second kappa shape index (κ2) is 6.22. The van der Waals surface area contributed by atoms with Gasteiger partial charge in [-0.25, -0.2) is 9.67 Å². The minimum atomic E-state index is -0.185. The van der Waals surface area contributed by atoms with Gasteiger partial charge in [0.25, 0.3) is 11.1 Å². The van der Waals surface area contributed by atoms with Crippen molar-refractivity contribution in [3.05, 3.63) is 50.4 Å². The van der Waals surface area contributed by atoms with Crippen LogP contribution in [0.4, 0.5) is 5.82 Å². The molecule has 2 aromatic rings. The third kappa shape index (κ3) is 2.74. The van der Waals surface area contributed by atoms with E-state index in [-0.39, 0.29) is 17.2 Å². The number of fused-ring (bicyclic) bond motifs is 1. The molecule has 0 spiro atoms. The van der Waals surface area contributed by atoms with E-state index in [4.69, 9.17) is 0 Å². The van der Waals surface area contributed by atoms with Crippen molar-refractivity contribution in [2.24, 2.45) is 0 Å². The Morgan fingerprint density at radius 3 is 2.96 bits per heavy atom. The SMILES string of the molecule is O=c1[nH]ccnc1N1CCCC1Cn1nc2c(cc1=O)CCCC2. The van der Waals surface area contributed by atoms with Crippen LogP contribution in [0.25, 0.3) is 0 Å². The van der Waals surface area contributed by atoms with E-state index in [1.54, 1.807) is 16.9 Å². The molecule has 1 aliphatic carbocycles. The highest BCUT2D eigenvalue weighted by Crippen LogP contribution is 2.22. The van der Waals surface area contributed by atoms with Gasteiger partial charge in [-0.05, 0) is 44.1 Å². The van der Waals surface area contributed by atoms with E-state index in [0.29, 0.717) is 12.4 Å². The minimum absolute atomic E-state index is 0.0440. The van der Waals surface area contributed by atoms with Gasteiger partial charge in [-0.1, -0.05) is 0 Å². The predicted octanol–water partition coefficient (Wildman–Crippen LogP) is 0.874. The number of aromatic amines is 1. The maximum Gasteiger partial charge on any atom is 0.290 e. The molecular formula is C17H21N5O2. The maximum atomic E-state index is 12.4. The molecule has 2 aromatic heterocycles. The van der Waals surface area contributed by atoms with Crippen molar-refractivity contribution in [2.75, 3.05) is 11.4 Å². The molecule has 1 unspecified atom stereocenters. The number of anilines is 1. The van der Waals surface area contributed by atoms with Gasteiger partial charge in [0.15, 0.2) is 5.82 Å². The van der Waals surface area contributed by atoms with Crippen LogP contribution >= 0.6 is 0 Å². The van der Waals surface area contributed by atoms with Crippen LogP contribution < -0.4 is 16.0 Å². The highest BCUT2D eigenvalue weighted by Gasteiger charge is 2.28. The highest BCUT2D eigenvalue weighted by atomic mass is 16.1. The van der Waals surface area contributed by atoms with E-state index in [1.807, 2.05) is 4.90 Å². The van der Waals surface area contributed by atoms with Crippen molar-refractivity contribution in [3.63, 3.8) is 0 Å². The average Bonchev–Trinajstić information content (AvgIpc) is 3.04. The Kier molecular flexibility index (Phi) is 3.92. The monoisotopic (exact) mass is 327 g/mol. The Labute approximate surface area is 139 Å². The quantitative estimate of drug-likeness (QED) is 0.904. The van der Waals surface area contributed by atoms with Crippen molar-refractivity contribution in [1.82, 2.24) is 19.7 Å². The number of rotatable bonds is 3. The second-order valence-corrected chi connectivity index (χ2v) is 6.58. The fourth-order valence-corrected chi connectivity index (χ4v) is 3.78. The standard InChI is InChI=1S/C17H21N5O2/c23-15-10-12-4-1-2-6-14(12)20-22(15)11-13-5-3-9-21(13)16-17(24)19-8-7-18-16/h7-8,10,13H,1-6,9,11H2,(H,19,24). The number of aromatic nitrogens is 4. The molecule has 1 saturated heterocycles. The third-order valence-corrected chi connectivity index (χ3v) is 5.00. The van der Waals surface area contributed by atoms with Gasteiger partial charge in [-0.15, -0.1) is 0 Å². The van der Waals surface area contributed by atoms with Gasteiger partial charge in [0.2, 0.25) is 0 Å². The number of aryl methyl sites for hydroxylation is 2. The summed E-state index contributed by atoms with van der Waals surface area (Å²) in [5.74, 6) is 0.436. The molecule has 0 saturated carbocycles. The summed E-state index contributed by atoms with van der Waals surface area (Å²) in [5, 5.41) is 4.60. The highest BCUT2D eigenvalue weighted by molar-refractivity contribution is 5.38. The first-order chi connectivity index (χ1) is 11.7. The van der Waals surface area contributed by atoms with Crippen LogP contribution in [0.3, 0.4) is 0 Å². The summed E-state index contributed by atoms with van der Waals surface area (Å²) in [6.07, 6.45) is 9.22. The van der Waals surface area contributed by atoms with Crippen molar-refractivity contribution >= 4 is 5.82 Å². The summed E-state index contributed by atoms with van der Waals surface area (Å²) in [7, 11) is 0. The smallest absolute Gasteiger partial charge is 0.290 e. The molecule has 1 N–H and O–H groups in total. The number of hydrogen-bond acceptors (Lipinski definition) is 5. The summed E-state index contributed by atoms with van der Waals surface area (Å²) in [5.41, 5.74) is 1.93. The fraction of sp³-hybridized carbons (Fsp3) is 0.529. The maximum absolute atomic E-state index is 12.4. The molecular weight excluding hydrogens is 306 g/mol. The lowest BCUT2D eigenvalue weighted by atomic mass is 9.97. The Hall–Kier alpha value is -2.44. The molecule has 3 heterocycles. The van der Waals surface area contributed by atoms with Gasteiger partial charge >= 0.3 is 0 Å². The van der Waals surface area contributed by atoms with Gasteiger partial charge < -0.3 is 9.88 Å². The number of H-pyrrole nitrogens is 1. The Morgan fingerprint density at radius 2 is 2.08 bits per heavy atom. The lowest BCUT2D eigenvalue weighted by Gasteiger charge is -2.25. The molecule has 7 heteroatoms. The average molecular weight is 327 g/mol. The van der Waals surface area contributed by atoms with E-state index < -0.39 is 0 Å². The van der Waals surface area contributed by atoms with Gasteiger partial charge in [0.1, 0.15) is 0 Å². The van der Waals surface area contributed by atoms with Crippen LogP contribution in [0, 0.1) is 0 Å². The molecule has 4 rings (SSSR count). The normalized spacial score (nSPS) is 20.2. The Balaban J connectivity index is 1.62. The van der Waals surface area contributed by atoms with Crippen LogP contribution in [0.15, 0.2) is 28.0 Å². The topological polar surface area (TPSA) is 83.9 Å². The first kappa shape index (κ1) is 15.1. The van der Waals surface area contributed by atoms with E-state index in [2.05, 4.69) is 15.1 Å². The number of nitrogens with zero attached hydrogens (tertiary/aromatic N) is 4. The third-order valence-electron chi connectivity index (χ3n) is 5.00. The molecule has 126 valence electrons. The van der Waals surface area contributed by atoms with Crippen molar-refractivity contribution in [3.8, 4) is 0 Å². The van der Waals surface area contributed by atoms with E-state index in [0.717, 1.165) is 56.3 Å². The Bertz CT molecular complexity index is 857. The van der Waals surface area contributed by atoms with Crippen LogP contribution in [-0.2, 0) is 19.4 Å². The second-order valence-electron chi connectivity index (χ2n) is 6.58. The summed E-state index contributed by atoms with van der Waals surface area (Å²) in [6, 6.07) is 1.82. The first-order valence-corrected chi connectivity index (χ1v) is 8.62. The van der Waals surface area contributed by atoms with Gasteiger partial charge in [0.05, 0.1) is 18.3 Å². The van der Waals surface area contributed by atoms with Crippen LogP contribution in [-0.4, -0.2) is 32.3 Å². The number of nitrogens with one attached hydrogen (secondary N) is 1. The first-order valence-electron chi connectivity index (χ1n) is 8.62. The summed E-state index contributed by atoms with van der Waals surface area (Å²) >= 11 is 0. The molecule has 0 radical (unpaired) electrons. The van der Waals surface area contributed by atoms with Crippen LogP contribution in [0.5, 0.6) is 0 Å². The molecule has 0 amide bonds. The van der Waals surface area contributed by atoms with Crippen molar-refractivity contribution < 1.29 is 0 Å². The van der Waals surface area contributed by atoms with Gasteiger partial charge in [-0.2, -0.15) is 5.10 Å². The zero-order valence-corrected chi connectivity index (χ0v) is 13.6. The lowest BCUT2D eigenvalue weighted by molar-refractivity contribution is 0.471. The Morgan fingerprint density at radius 1 is 1.21 bits per heavy atom.